The number of nitrogens with zero attached hydrogens (tertiary/aromatic N) is 4. The highest BCUT2D eigenvalue weighted by atomic mass is 16.5. The molecule has 3 aliphatic rings. The van der Waals surface area contributed by atoms with Crippen molar-refractivity contribution in [3.63, 3.8) is 0 Å². The molecule has 27 heavy (non-hydrogen) atoms. The summed E-state index contributed by atoms with van der Waals surface area (Å²) in [6.45, 7) is 21.2. The molecule has 7 nitrogen and oxygen atoms in total. The number of hydrogen-bond acceptors (Lipinski definition) is 7. The van der Waals surface area contributed by atoms with Crippen LogP contribution in [-0.4, -0.2) is 137 Å². The number of morpholine rings is 3. The van der Waals surface area contributed by atoms with E-state index in [-0.39, 0.29) is 0 Å². The Morgan fingerprint density at radius 1 is 0.667 bits per heavy atom. The number of rotatable bonds is 9. The van der Waals surface area contributed by atoms with E-state index in [4.69, 9.17) is 14.2 Å². The summed E-state index contributed by atoms with van der Waals surface area (Å²) in [5.41, 5.74) is 0. The second-order valence-electron chi connectivity index (χ2n) is 8.26. The first-order chi connectivity index (χ1) is 13.2. The molecule has 0 aromatic heterocycles. The maximum absolute atomic E-state index is 5.69. The molecule has 0 N–H and O–H groups in total. The molecule has 7 heteroatoms. The van der Waals surface area contributed by atoms with Gasteiger partial charge in [0, 0.05) is 78.5 Å². The van der Waals surface area contributed by atoms with E-state index in [0.29, 0.717) is 12.2 Å². The molecule has 3 rings (SSSR count). The SMILES string of the molecule is CC1CN(CCN(CCN2CCOCC2)CCN2CCOC(C)C2)CCO1. The van der Waals surface area contributed by atoms with Crippen LogP contribution in [0.2, 0.25) is 0 Å². The maximum atomic E-state index is 5.69. The van der Waals surface area contributed by atoms with Gasteiger partial charge in [0.05, 0.1) is 38.6 Å². The molecule has 3 aliphatic heterocycles. The lowest BCUT2D eigenvalue weighted by Gasteiger charge is -2.36. The fourth-order valence-electron chi connectivity index (χ4n) is 4.20. The molecule has 2 atom stereocenters. The van der Waals surface area contributed by atoms with E-state index in [1.807, 2.05) is 0 Å². The number of hydrogen-bond donors (Lipinski definition) is 0. The van der Waals surface area contributed by atoms with Crippen LogP contribution in [0.4, 0.5) is 0 Å². The molecule has 0 spiro atoms. The third-order valence-electron chi connectivity index (χ3n) is 5.95. The van der Waals surface area contributed by atoms with Crippen LogP contribution in [0.5, 0.6) is 0 Å². The largest absolute Gasteiger partial charge is 0.379 e. The second-order valence-corrected chi connectivity index (χ2v) is 8.26. The molecule has 0 radical (unpaired) electrons. The van der Waals surface area contributed by atoms with Crippen LogP contribution in [0.3, 0.4) is 0 Å². The molecule has 3 heterocycles. The van der Waals surface area contributed by atoms with E-state index < -0.39 is 0 Å². The number of ether oxygens (including phenoxy) is 3. The van der Waals surface area contributed by atoms with E-state index in [1.165, 1.54) is 0 Å². The second kappa shape index (κ2) is 11.7. The lowest BCUT2D eigenvalue weighted by Crippen LogP contribution is -2.49. The van der Waals surface area contributed by atoms with E-state index in [2.05, 4.69) is 33.4 Å². The summed E-state index contributed by atoms with van der Waals surface area (Å²) in [4.78, 5) is 10.3. The first-order valence-corrected chi connectivity index (χ1v) is 10.9. The molecule has 2 unspecified atom stereocenters. The normalized spacial score (nSPS) is 29.4. The molecule has 0 bridgehead atoms. The molecule has 3 fully saturated rings. The average Bonchev–Trinajstić information content (AvgIpc) is 2.68. The van der Waals surface area contributed by atoms with Crippen molar-refractivity contribution in [2.45, 2.75) is 26.1 Å². The van der Waals surface area contributed by atoms with Crippen molar-refractivity contribution in [1.82, 2.24) is 19.6 Å². The quantitative estimate of drug-likeness (QED) is 0.557. The molecule has 3 saturated heterocycles. The van der Waals surface area contributed by atoms with Gasteiger partial charge in [-0.15, -0.1) is 0 Å². The van der Waals surface area contributed by atoms with Crippen LogP contribution >= 0.6 is 0 Å². The fraction of sp³-hybridized carbons (Fsp3) is 1.00. The third-order valence-corrected chi connectivity index (χ3v) is 5.95. The summed E-state index contributed by atoms with van der Waals surface area (Å²) < 4.78 is 16.9. The minimum Gasteiger partial charge on any atom is -0.379 e. The van der Waals surface area contributed by atoms with Gasteiger partial charge in [-0.2, -0.15) is 0 Å². The molecule has 0 aliphatic carbocycles. The fourth-order valence-corrected chi connectivity index (χ4v) is 4.20. The highest BCUT2D eigenvalue weighted by molar-refractivity contribution is 4.74. The Labute approximate surface area is 165 Å². The lowest BCUT2D eigenvalue weighted by molar-refractivity contribution is -0.0263. The van der Waals surface area contributed by atoms with Gasteiger partial charge in [0.15, 0.2) is 0 Å². The van der Waals surface area contributed by atoms with Crippen LogP contribution in [0.15, 0.2) is 0 Å². The Morgan fingerprint density at radius 2 is 1.11 bits per heavy atom. The van der Waals surface area contributed by atoms with Crippen LogP contribution in [-0.2, 0) is 14.2 Å². The minimum atomic E-state index is 0.371. The zero-order valence-electron chi connectivity index (χ0n) is 17.5. The zero-order chi connectivity index (χ0) is 18.9. The van der Waals surface area contributed by atoms with Crippen LogP contribution in [0, 0.1) is 0 Å². The maximum Gasteiger partial charge on any atom is 0.0674 e. The molecular formula is C20H40N4O3. The summed E-state index contributed by atoms with van der Waals surface area (Å²) >= 11 is 0. The van der Waals surface area contributed by atoms with Crippen LogP contribution < -0.4 is 0 Å². The predicted molar refractivity (Wildman–Crippen MR) is 107 cm³/mol. The average molecular weight is 385 g/mol. The van der Waals surface area contributed by atoms with Gasteiger partial charge < -0.3 is 14.2 Å². The standard InChI is InChI=1S/C20H40N4O3/c1-19-17-23(11-15-26-19)7-5-21(3-4-22-9-13-25-14-10-22)6-8-24-12-16-27-20(2)18-24/h19-20H,3-18H2,1-2H3. The zero-order valence-corrected chi connectivity index (χ0v) is 17.5. The summed E-state index contributed by atoms with van der Waals surface area (Å²) in [5, 5.41) is 0. The van der Waals surface area contributed by atoms with Crippen molar-refractivity contribution >= 4 is 0 Å². The van der Waals surface area contributed by atoms with E-state index in [1.54, 1.807) is 0 Å². The first-order valence-electron chi connectivity index (χ1n) is 10.9. The van der Waals surface area contributed by atoms with Gasteiger partial charge in [-0.3, -0.25) is 19.6 Å². The van der Waals surface area contributed by atoms with Crippen molar-refractivity contribution in [3.05, 3.63) is 0 Å². The monoisotopic (exact) mass is 384 g/mol. The molecular weight excluding hydrogens is 344 g/mol. The van der Waals surface area contributed by atoms with Gasteiger partial charge in [0.25, 0.3) is 0 Å². The van der Waals surface area contributed by atoms with Gasteiger partial charge in [-0.25, -0.2) is 0 Å². The van der Waals surface area contributed by atoms with Crippen molar-refractivity contribution in [3.8, 4) is 0 Å². The molecule has 0 aromatic rings. The summed E-state index contributed by atoms with van der Waals surface area (Å²) in [5.74, 6) is 0. The molecule has 0 aromatic carbocycles. The Bertz CT molecular complexity index is 383. The Morgan fingerprint density at radius 3 is 1.59 bits per heavy atom. The van der Waals surface area contributed by atoms with Gasteiger partial charge >= 0.3 is 0 Å². The summed E-state index contributed by atoms with van der Waals surface area (Å²) in [6.07, 6.45) is 0.741. The summed E-state index contributed by atoms with van der Waals surface area (Å²) in [6, 6.07) is 0. The van der Waals surface area contributed by atoms with Crippen LogP contribution in [0.1, 0.15) is 13.8 Å². The Balaban J connectivity index is 1.43. The van der Waals surface area contributed by atoms with E-state index in [0.717, 1.165) is 105 Å². The smallest absolute Gasteiger partial charge is 0.0674 e. The van der Waals surface area contributed by atoms with Crippen molar-refractivity contribution in [2.75, 3.05) is 105 Å². The Kier molecular flexibility index (Phi) is 9.25. The molecule has 158 valence electrons. The van der Waals surface area contributed by atoms with Crippen molar-refractivity contribution in [1.29, 1.82) is 0 Å². The highest BCUT2D eigenvalue weighted by Crippen LogP contribution is 2.07. The van der Waals surface area contributed by atoms with E-state index in [9.17, 15) is 0 Å². The van der Waals surface area contributed by atoms with Crippen molar-refractivity contribution in [2.24, 2.45) is 0 Å². The molecule has 0 saturated carbocycles. The van der Waals surface area contributed by atoms with Gasteiger partial charge in [0.2, 0.25) is 0 Å². The van der Waals surface area contributed by atoms with Gasteiger partial charge in [0.1, 0.15) is 0 Å². The topological polar surface area (TPSA) is 40.7 Å². The highest BCUT2D eigenvalue weighted by Gasteiger charge is 2.20. The lowest BCUT2D eigenvalue weighted by atomic mass is 10.2. The van der Waals surface area contributed by atoms with Gasteiger partial charge in [-0.05, 0) is 13.8 Å². The Hall–Kier alpha value is -0.280. The molecule has 0 amide bonds. The third kappa shape index (κ3) is 7.93. The summed E-state index contributed by atoms with van der Waals surface area (Å²) in [7, 11) is 0. The van der Waals surface area contributed by atoms with Crippen molar-refractivity contribution < 1.29 is 14.2 Å². The van der Waals surface area contributed by atoms with Crippen LogP contribution in [0.25, 0.3) is 0 Å². The van der Waals surface area contributed by atoms with Gasteiger partial charge in [-0.1, -0.05) is 0 Å². The predicted octanol–water partition coefficient (Wildman–Crippen LogP) is 0.0620. The minimum absolute atomic E-state index is 0.371. The van der Waals surface area contributed by atoms with E-state index >= 15 is 0 Å². The first kappa shape index (κ1) is 21.4.